The van der Waals surface area contributed by atoms with Crippen LogP contribution in [0.1, 0.15) is 43.6 Å². The van der Waals surface area contributed by atoms with E-state index in [-0.39, 0.29) is 49.8 Å². The van der Waals surface area contributed by atoms with Gasteiger partial charge in [-0.1, -0.05) is 25.2 Å². The van der Waals surface area contributed by atoms with Crippen molar-refractivity contribution < 1.29 is 13.6 Å². The van der Waals surface area contributed by atoms with Crippen molar-refractivity contribution in [2.75, 3.05) is 19.6 Å². The second kappa shape index (κ2) is 9.09. The van der Waals surface area contributed by atoms with E-state index in [0.717, 1.165) is 17.8 Å². The molecule has 1 aromatic rings. The quantitative estimate of drug-likeness (QED) is 0.730. The van der Waals surface area contributed by atoms with Crippen LogP contribution in [-0.2, 0) is 11.2 Å². The third kappa shape index (κ3) is 5.14. The molecular formula is C20H25ClF2N4O. The van der Waals surface area contributed by atoms with Crippen molar-refractivity contribution in [1.29, 1.82) is 0 Å². The number of piperidine rings is 1. The van der Waals surface area contributed by atoms with E-state index in [1.807, 2.05) is 24.0 Å². The molecule has 0 unspecified atom stereocenters. The van der Waals surface area contributed by atoms with Crippen LogP contribution in [0, 0.1) is 0 Å². The number of carbonyl (C=O) groups is 1. The van der Waals surface area contributed by atoms with E-state index < -0.39 is 5.92 Å². The molecule has 1 aliphatic heterocycles. The van der Waals surface area contributed by atoms with Crippen molar-refractivity contribution in [2.45, 2.75) is 49.9 Å². The first-order valence-corrected chi connectivity index (χ1v) is 10.0. The third-order valence-corrected chi connectivity index (χ3v) is 5.62. The summed E-state index contributed by atoms with van der Waals surface area (Å²) in [4.78, 5) is 23.2. The predicted octanol–water partition coefficient (Wildman–Crippen LogP) is 3.42. The molecule has 3 rings (SSSR count). The van der Waals surface area contributed by atoms with Crippen LogP contribution in [0.15, 0.2) is 36.2 Å². The highest BCUT2D eigenvalue weighted by Gasteiger charge is 2.37. The minimum absolute atomic E-state index is 0.189. The highest BCUT2D eigenvalue weighted by Crippen LogP contribution is 2.32. The van der Waals surface area contributed by atoms with Crippen LogP contribution in [0.3, 0.4) is 0 Å². The van der Waals surface area contributed by atoms with Crippen molar-refractivity contribution >= 4 is 17.5 Å². The molecule has 0 saturated carbocycles. The molecule has 0 radical (unpaired) electrons. The Hall–Kier alpha value is -1.86. The van der Waals surface area contributed by atoms with Crippen LogP contribution >= 0.6 is 11.6 Å². The summed E-state index contributed by atoms with van der Waals surface area (Å²) in [6, 6.07) is -0.264. The number of likely N-dealkylation sites (tertiary alicyclic amines) is 1. The maximum Gasteiger partial charge on any atom is 0.250 e. The van der Waals surface area contributed by atoms with Crippen molar-refractivity contribution in [3.05, 3.63) is 47.6 Å². The van der Waals surface area contributed by atoms with Crippen molar-refractivity contribution in [1.82, 2.24) is 20.2 Å². The summed E-state index contributed by atoms with van der Waals surface area (Å²) in [5, 5.41) is 2.56. The summed E-state index contributed by atoms with van der Waals surface area (Å²) in [6.07, 6.45) is 9.84. The Morgan fingerprint density at radius 2 is 2.04 bits per heavy atom. The second-order valence-corrected chi connectivity index (χ2v) is 7.68. The fourth-order valence-electron chi connectivity index (χ4n) is 3.45. The normalized spacial score (nSPS) is 23.1. The summed E-state index contributed by atoms with van der Waals surface area (Å²) in [6.45, 7) is 2.76. The van der Waals surface area contributed by atoms with Crippen LogP contribution in [0.5, 0.6) is 0 Å². The minimum atomic E-state index is -2.63. The predicted molar refractivity (Wildman–Crippen MR) is 104 cm³/mol. The summed E-state index contributed by atoms with van der Waals surface area (Å²) in [5.41, 5.74) is 1.33. The first kappa shape index (κ1) is 20.9. The third-order valence-electron chi connectivity index (χ3n) is 5.21. The molecule has 2 aliphatic rings. The lowest BCUT2D eigenvalue weighted by Gasteiger charge is -2.37. The summed E-state index contributed by atoms with van der Waals surface area (Å²) in [5.74, 6) is -2.14. The molecule has 0 spiro atoms. The smallest absolute Gasteiger partial charge is 0.250 e. The highest BCUT2D eigenvalue weighted by molar-refractivity contribution is 6.25. The van der Waals surface area contributed by atoms with E-state index in [0.29, 0.717) is 12.0 Å². The van der Waals surface area contributed by atoms with Crippen LogP contribution in [-0.4, -0.2) is 51.7 Å². The summed E-state index contributed by atoms with van der Waals surface area (Å²) < 4.78 is 27.2. The van der Waals surface area contributed by atoms with Crippen molar-refractivity contribution in [2.24, 2.45) is 0 Å². The fraction of sp³-hybridized carbons (Fsp3) is 0.550. The topological polar surface area (TPSA) is 58.1 Å². The molecule has 8 heteroatoms. The van der Waals surface area contributed by atoms with Gasteiger partial charge in [0.05, 0.1) is 11.4 Å². The number of allylic oxidation sites excluding steroid dienone is 3. The number of hydrogen-bond acceptors (Lipinski definition) is 4. The van der Waals surface area contributed by atoms with E-state index in [1.54, 1.807) is 18.5 Å². The molecule has 0 aromatic carbocycles. The Morgan fingerprint density at radius 1 is 1.36 bits per heavy atom. The number of rotatable bonds is 6. The zero-order valence-electron chi connectivity index (χ0n) is 15.9. The van der Waals surface area contributed by atoms with Gasteiger partial charge in [-0.15, -0.1) is 11.6 Å². The van der Waals surface area contributed by atoms with Gasteiger partial charge in [-0.25, -0.2) is 18.7 Å². The van der Waals surface area contributed by atoms with Crippen molar-refractivity contribution in [3.8, 4) is 0 Å². The summed E-state index contributed by atoms with van der Waals surface area (Å²) in [7, 11) is 0. The van der Waals surface area contributed by atoms with E-state index in [9.17, 15) is 13.6 Å². The van der Waals surface area contributed by atoms with Gasteiger partial charge in [-0.2, -0.15) is 0 Å². The van der Waals surface area contributed by atoms with Gasteiger partial charge in [-0.05, 0) is 6.42 Å². The van der Waals surface area contributed by atoms with Gasteiger partial charge in [0.15, 0.2) is 0 Å². The largest absolute Gasteiger partial charge is 0.350 e. The van der Waals surface area contributed by atoms with Gasteiger partial charge < -0.3 is 5.32 Å². The summed E-state index contributed by atoms with van der Waals surface area (Å²) >= 11 is 6.23. The van der Waals surface area contributed by atoms with E-state index in [2.05, 4.69) is 15.3 Å². The van der Waals surface area contributed by atoms with Gasteiger partial charge >= 0.3 is 0 Å². The Morgan fingerprint density at radius 3 is 2.64 bits per heavy atom. The molecule has 1 amide bonds. The zero-order valence-corrected chi connectivity index (χ0v) is 16.6. The van der Waals surface area contributed by atoms with Crippen LogP contribution in [0.2, 0.25) is 0 Å². The van der Waals surface area contributed by atoms with E-state index in [1.165, 1.54) is 0 Å². The Labute approximate surface area is 168 Å². The molecular weight excluding hydrogens is 386 g/mol. The number of aryl methyl sites for hydroxylation is 1. The monoisotopic (exact) mass is 410 g/mol. The van der Waals surface area contributed by atoms with Gasteiger partial charge in [0.1, 0.15) is 5.82 Å². The number of alkyl halides is 3. The molecule has 5 nitrogen and oxygen atoms in total. The number of halogens is 3. The molecule has 152 valence electrons. The van der Waals surface area contributed by atoms with Gasteiger partial charge in [0, 0.05) is 62.4 Å². The number of aromatic nitrogens is 2. The molecule has 2 atom stereocenters. The molecule has 28 heavy (non-hydrogen) atoms. The van der Waals surface area contributed by atoms with Gasteiger partial charge in [0.2, 0.25) is 5.91 Å². The standard InChI is InChI=1S/C20H25ClF2N4O/c1-2-18-24-11-14(12-25-18)17(27-9-7-20(22,23)8-10-27)13-26-19(28)15-5-3-4-6-16(15)21/h3-5,11-12,16-17H,2,6-10,13H2,1H3,(H,26,28)/t16-,17+/m0/s1. The first-order chi connectivity index (χ1) is 13.4. The number of hydrogen-bond donors (Lipinski definition) is 1. The van der Waals surface area contributed by atoms with E-state index >= 15 is 0 Å². The molecule has 1 N–H and O–H groups in total. The highest BCUT2D eigenvalue weighted by atomic mass is 35.5. The minimum Gasteiger partial charge on any atom is -0.350 e. The Kier molecular flexibility index (Phi) is 6.78. The van der Waals surface area contributed by atoms with Gasteiger partial charge in [-0.3, -0.25) is 9.69 Å². The van der Waals surface area contributed by atoms with E-state index in [4.69, 9.17) is 11.6 Å². The lowest BCUT2D eigenvalue weighted by Crippen LogP contribution is -2.45. The SMILES string of the molecule is CCc1ncc([C@@H](CNC(=O)C2=CC=CC[C@@H]2Cl)N2CCC(F)(F)CC2)cn1. The molecule has 1 saturated heterocycles. The fourth-order valence-corrected chi connectivity index (χ4v) is 3.73. The molecule has 1 aliphatic carbocycles. The number of nitrogens with one attached hydrogen (secondary N) is 1. The average Bonchev–Trinajstić information content (AvgIpc) is 2.69. The molecule has 2 heterocycles. The van der Waals surface area contributed by atoms with Gasteiger partial charge in [0.25, 0.3) is 5.92 Å². The Balaban J connectivity index is 1.73. The first-order valence-electron chi connectivity index (χ1n) is 9.61. The molecule has 1 aromatic heterocycles. The maximum atomic E-state index is 13.6. The number of carbonyl (C=O) groups excluding carboxylic acids is 1. The second-order valence-electron chi connectivity index (χ2n) is 7.16. The lowest BCUT2D eigenvalue weighted by molar-refractivity contribution is -0.118. The zero-order chi connectivity index (χ0) is 20.1. The average molecular weight is 411 g/mol. The van der Waals surface area contributed by atoms with Crippen LogP contribution in [0.25, 0.3) is 0 Å². The number of nitrogens with zero attached hydrogens (tertiary/aromatic N) is 3. The molecule has 0 bridgehead atoms. The maximum absolute atomic E-state index is 13.6. The van der Waals surface area contributed by atoms with Crippen molar-refractivity contribution in [3.63, 3.8) is 0 Å². The van der Waals surface area contributed by atoms with Crippen LogP contribution in [0.4, 0.5) is 8.78 Å². The molecule has 1 fully saturated rings. The number of amides is 1. The van der Waals surface area contributed by atoms with Crippen LogP contribution < -0.4 is 5.32 Å². The Bertz CT molecular complexity index is 741. The lowest BCUT2D eigenvalue weighted by atomic mass is 10.0.